The molecule has 2 aliphatic rings. The first kappa shape index (κ1) is 17.7. The summed E-state index contributed by atoms with van der Waals surface area (Å²) in [7, 11) is -3.63. The van der Waals surface area contributed by atoms with Crippen LogP contribution in [0.1, 0.15) is 29.9 Å². The number of nitrogens with zero attached hydrogens (tertiary/aromatic N) is 3. The van der Waals surface area contributed by atoms with Gasteiger partial charge in [-0.2, -0.15) is 4.31 Å². The van der Waals surface area contributed by atoms with E-state index in [0.717, 1.165) is 18.7 Å². The molecule has 1 unspecified atom stereocenters. The number of hydrogen-bond donors (Lipinski definition) is 0. The molecule has 4 rings (SSSR count). The zero-order valence-electron chi connectivity index (χ0n) is 15.3. The van der Waals surface area contributed by atoms with Gasteiger partial charge in [0.2, 0.25) is 10.0 Å². The first-order valence-corrected chi connectivity index (χ1v) is 10.6. The van der Waals surface area contributed by atoms with Gasteiger partial charge < -0.3 is 4.52 Å². The predicted octanol–water partition coefficient (Wildman–Crippen LogP) is 2.37. The van der Waals surface area contributed by atoms with E-state index in [1.165, 1.54) is 12.8 Å². The van der Waals surface area contributed by atoms with Crippen LogP contribution in [-0.2, 0) is 16.4 Å². The minimum atomic E-state index is -3.63. The third-order valence-corrected chi connectivity index (χ3v) is 7.57. The quantitative estimate of drug-likeness (QED) is 0.803. The summed E-state index contributed by atoms with van der Waals surface area (Å²) in [5, 5.41) is 3.85. The van der Waals surface area contributed by atoms with Crippen LogP contribution >= 0.6 is 0 Å². The van der Waals surface area contributed by atoms with Crippen molar-refractivity contribution in [1.29, 1.82) is 0 Å². The summed E-state index contributed by atoms with van der Waals surface area (Å²) in [6.07, 6.45) is 3.18. The summed E-state index contributed by atoms with van der Waals surface area (Å²) in [6.45, 7) is 5.44. The lowest BCUT2D eigenvalue weighted by Crippen LogP contribution is -2.56. The van der Waals surface area contributed by atoms with Gasteiger partial charge in [0.05, 0.1) is 0 Å². The van der Waals surface area contributed by atoms with E-state index in [1.807, 2.05) is 18.2 Å². The van der Waals surface area contributed by atoms with Crippen molar-refractivity contribution in [1.82, 2.24) is 14.4 Å². The van der Waals surface area contributed by atoms with Crippen LogP contribution in [0.5, 0.6) is 0 Å². The third-order valence-electron chi connectivity index (χ3n) is 5.37. The number of benzene rings is 1. The topological polar surface area (TPSA) is 66.7 Å². The van der Waals surface area contributed by atoms with Crippen LogP contribution in [0.15, 0.2) is 39.8 Å². The molecule has 1 atom stereocenters. The van der Waals surface area contributed by atoms with Crippen LogP contribution in [-0.4, -0.2) is 54.5 Å². The Hall–Kier alpha value is -1.70. The number of sulfonamides is 1. The van der Waals surface area contributed by atoms with Crippen molar-refractivity contribution in [2.45, 2.75) is 50.1 Å². The Morgan fingerprint density at radius 2 is 1.88 bits per heavy atom. The van der Waals surface area contributed by atoms with E-state index in [2.05, 4.69) is 22.2 Å². The van der Waals surface area contributed by atoms with Gasteiger partial charge in [-0.25, -0.2) is 8.42 Å². The summed E-state index contributed by atoms with van der Waals surface area (Å²) < 4.78 is 33.6. The van der Waals surface area contributed by atoms with E-state index in [-0.39, 0.29) is 10.9 Å². The lowest BCUT2D eigenvalue weighted by atomic mass is 10.0. The van der Waals surface area contributed by atoms with Crippen LogP contribution in [0.25, 0.3) is 0 Å². The monoisotopic (exact) mass is 375 g/mol. The summed E-state index contributed by atoms with van der Waals surface area (Å²) in [6, 6.07) is 10.7. The molecule has 140 valence electrons. The molecule has 26 heavy (non-hydrogen) atoms. The molecule has 6 nitrogen and oxygen atoms in total. The standard InChI is InChI=1S/C19H25N3O3S/c1-14-19(15(2)25-20-14)26(23,24)22-11-10-21(17-8-9-17)13-18(22)12-16-6-4-3-5-7-16/h3-7,17-18H,8-13H2,1-2H3. The van der Waals surface area contributed by atoms with E-state index >= 15 is 0 Å². The Kier molecular flexibility index (Phi) is 4.62. The fourth-order valence-corrected chi connectivity index (χ4v) is 5.86. The Labute approximate surface area is 154 Å². The van der Waals surface area contributed by atoms with E-state index in [4.69, 9.17) is 4.52 Å². The Morgan fingerprint density at radius 1 is 1.15 bits per heavy atom. The molecule has 7 heteroatoms. The lowest BCUT2D eigenvalue weighted by Gasteiger charge is -2.40. The van der Waals surface area contributed by atoms with Gasteiger partial charge in [-0.3, -0.25) is 4.90 Å². The van der Waals surface area contributed by atoms with Crippen molar-refractivity contribution in [3.05, 3.63) is 47.3 Å². The van der Waals surface area contributed by atoms with Gasteiger partial charge in [-0.05, 0) is 38.7 Å². The number of aryl methyl sites for hydroxylation is 2. The van der Waals surface area contributed by atoms with E-state index in [1.54, 1.807) is 18.2 Å². The molecule has 2 fully saturated rings. The zero-order chi connectivity index (χ0) is 18.3. The SMILES string of the molecule is Cc1noc(C)c1S(=O)(=O)N1CCN(C2CC2)CC1Cc1ccccc1. The van der Waals surface area contributed by atoms with Crippen molar-refractivity contribution >= 4 is 10.0 Å². The fourth-order valence-electron chi connectivity index (χ4n) is 3.96. The predicted molar refractivity (Wildman–Crippen MR) is 98.4 cm³/mol. The lowest BCUT2D eigenvalue weighted by molar-refractivity contribution is 0.128. The Morgan fingerprint density at radius 3 is 2.50 bits per heavy atom. The maximum atomic E-state index is 13.4. The highest BCUT2D eigenvalue weighted by molar-refractivity contribution is 7.89. The molecule has 0 radical (unpaired) electrons. The molecular weight excluding hydrogens is 350 g/mol. The Balaban J connectivity index is 1.65. The maximum absolute atomic E-state index is 13.4. The van der Waals surface area contributed by atoms with Crippen molar-refractivity contribution < 1.29 is 12.9 Å². The minimum Gasteiger partial charge on any atom is -0.360 e. The fraction of sp³-hybridized carbons (Fsp3) is 0.526. The summed E-state index contributed by atoms with van der Waals surface area (Å²) >= 11 is 0. The summed E-state index contributed by atoms with van der Waals surface area (Å²) in [5.41, 5.74) is 1.60. The minimum absolute atomic E-state index is 0.0783. The number of hydrogen-bond acceptors (Lipinski definition) is 5. The van der Waals surface area contributed by atoms with Gasteiger partial charge in [-0.15, -0.1) is 0 Å². The van der Waals surface area contributed by atoms with Gasteiger partial charge in [0.15, 0.2) is 5.76 Å². The molecule has 1 aromatic heterocycles. The molecule has 1 aliphatic heterocycles. The second kappa shape index (κ2) is 6.79. The van der Waals surface area contributed by atoms with Crippen LogP contribution in [0.4, 0.5) is 0 Å². The Bertz CT molecular complexity index is 855. The van der Waals surface area contributed by atoms with Gasteiger partial charge >= 0.3 is 0 Å². The molecule has 0 amide bonds. The van der Waals surface area contributed by atoms with E-state index in [0.29, 0.717) is 30.5 Å². The van der Waals surface area contributed by atoms with Crippen molar-refractivity contribution in [2.24, 2.45) is 0 Å². The van der Waals surface area contributed by atoms with Crippen LogP contribution in [0, 0.1) is 13.8 Å². The number of rotatable bonds is 5. The van der Waals surface area contributed by atoms with Crippen molar-refractivity contribution in [3.8, 4) is 0 Å². The highest BCUT2D eigenvalue weighted by Crippen LogP contribution is 2.32. The first-order chi connectivity index (χ1) is 12.5. The molecule has 0 spiro atoms. The normalized spacial score (nSPS) is 22.6. The highest BCUT2D eigenvalue weighted by Gasteiger charge is 2.42. The molecule has 1 saturated heterocycles. The molecule has 1 aromatic carbocycles. The molecule has 0 bridgehead atoms. The van der Waals surface area contributed by atoms with Crippen molar-refractivity contribution in [2.75, 3.05) is 19.6 Å². The maximum Gasteiger partial charge on any atom is 0.248 e. The molecule has 2 aromatic rings. The van der Waals surface area contributed by atoms with Crippen LogP contribution in [0.2, 0.25) is 0 Å². The van der Waals surface area contributed by atoms with Gasteiger partial charge in [0, 0.05) is 31.7 Å². The smallest absolute Gasteiger partial charge is 0.248 e. The second-order valence-electron chi connectivity index (χ2n) is 7.34. The van der Waals surface area contributed by atoms with Crippen molar-refractivity contribution in [3.63, 3.8) is 0 Å². The molecule has 0 N–H and O–H groups in total. The third kappa shape index (κ3) is 3.31. The van der Waals surface area contributed by atoms with Gasteiger partial charge in [0.1, 0.15) is 10.6 Å². The molecular formula is C19H25N3O3S. The first-order valence-electron chi connectivity index (χ1n) is 9.19. The molecule has 1 saturated carbocycles. The molecule has 2 heterocycles. The van der Waals surface area contributed by atoms with Gasteiger partial charge in [0.25, 0.3) is 0 Å². The summed E-state index contributed by atoms with van der Waals surface area (Å²) in [5.74, 6) is 0.366. The summed E-state index contributed by atoms with van der Waals surface area (Å²) in [4.78, 5) is 2.68. The zero-order valence-corrected chi connectivity index (χ0v) is 16.1. The molecule has 1 aliphatic carbocycles. The largest absolute Gasteiger partial charge is 0.360 e. The van der Waals surface area contributed by atoms with E-state index < -0.39 is 10.0 Å². The van der Waals surface area contributed by atoms with E-state index in [9.17, 15) is 8.42 Å². The van der Waals surface area contributed by atoms with Crippen LogP contribution in [0.3, 0.4) is 0 Å². The average molecular weight is 375 g/mol. The number of aromatic nitrogens is 1. The highest BCUT2D eigenvalue weighted by atomic mass is 32.2. The van der Waals surface area contributed by atoms with Gasteiger partial charge in [-0.1, -0.05) is 35.5 Å². The van der Waals surface area contributed by atoms with Crippen LogP contribution < -0.4 is 0 Å². The average Bonchev–Trinajstić information content (AvgIpc) is 3.40. The number of piperazine rings is 1. The second-order valence-corrected chi connectivity index (χ2v) is 9.17.